The molecule has 0 fully saturated rings. The number of benzene rings is 7. The number of hydrogen-bond acceptors (Lipinski definition) is 3. The average molecular weight is 602 g/mol. The zero-order chi connectivity index (χ0) is 31.6. The minimum absolute atomic E-state index is 0.647. The summed E-state index contributed by atoms with van der Waals surface area (Å²) in [6, 6.07) is 59.3. The SMILES string of the molecule is Cc1cc(-c2cccc3ccccc23)ccc1-c1nc(-c2ccc(-c3ccccc3)cc2)nc(-c2ccc(-c3ccccc3)cc2)n1. The van der Waals surface area contributed by atoms with Crippen LogP contribution in [0.1, 0.15) is 5.56 Å². The van der Waals surface area contributed by atoms with Crippen LogP contribution in [-0.4, -0.2) is 15.0 Å². The third kappa shape index (κ3) is 5.71. The van der Waals surface area contributed by atoms with Gasteiger partial charge in [0.2, 0.25) is 0 Å². The van der Waals surface area contributed by atoms with E-state index in [1.807, 2.05) is 12.1 Å². The third-order valence-electron chi connectivity index (χ3n) is 8.70. The molecule has 8 aromatic rings. The molecule has 0 radical (unpaired) electrons. The van der Waals surface area contributed by atoms with Gasteiger partial charge in [-0.1, -0.05) is 170 Å². The highest BCUT2D eigenvalue weighted by Crippen LogP contribution is 2.34. The molecule has 222 valence electrons. The first-order valence-corrected chi connectivity index (χ1v) is 15.9. The Balaban J connectivity index is 1.22. The first-order chi connectivity index (χ1) is 23.2. The van der Waals surface area contributed by atoms with Crippen molar-refractivity contribution in [1.82, 2.24) is 15.0 Å². The van der Waals surface area contributed by atoms with Crippen molar-refractivity contribution >= 4 is 10.8 Å². The van der Waals surface area contributed by atoms with E-state index in [0.717, 1.165) is 33.4 Å². The maximum atomic E-state index is 5.06. The van der Waals surface area contributed by atoms with Crippen LogP contribution in [-0.2, 0) is 0 Å². The quantitative estimate of drug-likeness (QED) is 0.190. The fourth-order valence-electron chi connectivity index (χ4n) is 6.20. The Morgan fingerprint density at radius 1 is 0.319 bits per heavy atom. The van der Waals surface area contributed by atoms with Crippen LogP contribution in [0.4, 0.5) is 0 Å². The van der Waals surface area contributed by atoms with Gasteiger partial charge in [0.1, 0.15) is 0 Å². The molecule has 0 spiro atoms. The van der Waals surface area contributed by atoms with E-state index in [9.17, 15) is 0 Å². The maximum Gasteiger partial charge on any atom is 0.164 e. The molecule has 0 N–H and O–H groups in total. The molecular formula is C44H31N3. The van der Waals surface area contributed by atoms with E-state index in [4.69, 9.17) is 15.0 Å². The molecule has 47 heavy (non-hydrogen) atoms. The molecular weight excluding hydrogens is 571 g/mol. The molecule has 3 heteroatoms. The molecule has 8 rings (SSSR count). The summed E-state index contributed by atoms with van der Waals surface area (Å²) < 4.78 is 0. The first-order valence-electron chi connectivity index (χ1n) is 15.9. The minimum atomic E-state index is 0.647. The summed E-state index contributed by atoms with van der Waals surface area (Å²) in [6.07, 6.45) is 0. The van der Waals surface area contributed by atoms with Gasteiger partial charge in [-0.15, -0.1) is 0 Å². The number of aromatic nitrogens is 3. The highest BCUT2D eigenvalue weighted by Gasteiger charge is 2.15. The number of rotatable bonds is 6. The summed E-state index contributed by atoms with van der Waals surface area (Å²) in [4.78, 5) is 15.1. The van der Waals surface area contributed by atoms with Gasteiger partial charge in [0, 0.05) is 16.7 Å². The van der Waals surface area contributed by atoms with Gasteiger partial charge in [0.05, 0.1) is 0 Å². The lowest BCUT2D eigenvalue weighted by Crippen LogP contribution is -2.01. The van der Waals surface area contributed by atoms with E-state index >= 15 is 0 Å². The van der Waals surface area contributed by atoms with E-state index in [1.165, 1.54) is 33.0 Å². The molecule has 7 aromatic carbocycles. The summed E-state index contributed by atoms with van der Waals surface area (Å²) in [6.45, 7) is 2.14. The van der Waals surface area contributed by atoms with Crippen molar-refractivity contribution in [2.75, 3.05) is 0 Å². The molecule has 1 aromatic heterocycles. The van der Waals surface area contributed by atoms with Gasteiger partial charge in [-0.25, -0.2) is 15.0 Å². The largest absolute Gasteiger partial charge is 0.208 e. The maximum absolute atomic E-state index is 5.06. The molecule has 1 heterocycles. The summed E-state index contributed by atoms with van der Waals surface area (Å²) >= 11 is 0. The second kappa shape index (κ2) is 12.3. The molecule has 0 bridgehead atoms. The van der Waals surface area contributed by atoms with Crippen LogP contribution in [0.15, 0.2) is 170 Å². The summed E-state index contributed by atoms with van der Waals surface area (Å²) in [5.74, 6) is 1.95. The summed E-state index contributed by atoms with van der Waals surface area (Å²) in [5, 5.41) is 2.47. The van der Waals surface area contributed by atoms with Gasteiger partial charge in [0.25, 0.3) is 0 Å². The molecule has 3 nitrogen and oxygen atoms in total. The molecule has 0 saturated heterocycles. The Morgan fingerprint density at radius 3 is 1.34 bits per heavy atom. The Morgan fingerprint density at radius 2 is 0.766 bits per heavy atom. The monoisotopic (exact) mass is 601 g/mol. The molecule has 0 aliphatic carbocycles. The van der Waals surface area contributed by atoms with Crippen molar-refractivity contribution in [2.24, 2.45) is 0 Å². The molecule has 0 unspecified atom stereocenters. The van der Waals surface area contributed by atoms with Gasteiger partial charge in [-0.3, -0.25) is 0 Å². The first kappa shape index (κ1) is 28.3. The third-order valence-corrected chi connectivity index (χ3v) is 8.70. The summed E-state index contributed by atoms with van der Waals surface area (Å²) in [7, 11) is 0. The Bertz CT molecular complexity index is 2220. The number of fused-ring (bicyclic) bond motifs is 1. The van der Waals surface area contributed by atoms with Crippen LogP contribution in [0.2, 0.25) is 0 Å². The normalized spacial score (nSPS) is 11.1. The zero-order valence-corrected chi connectivity index (χ0v) is 26.0. The fourth-order valence-corrected chi connectivity index (χ4v) is 6.20. The van der Waals surface area contributed by atoms with Crippen LogP contribution in [0, 0.1) is 6.92 Å². The molecule has 0 saturated carbocycles. The predicted molar refractivity (Wildman–Crippen MR) is 195 cm³/mol. The van der Waals surface area contributed by atoms with Crippen molar-refractivity contribution in [2.45, 2.75) is 6.92 Å². The van der Waals surface area contributed by atoms with Crippen molar-refractivity contribution < 1.29 is 0 Å². The van der Waals surface area contributed by atoms with Crippen LogP contribution in [0.5, 0.6) is 0 Å². The van der Waals surface area contributed by atoms with Gasteiger partial charge >= 0.3 is 0 Å². The zero-order valence-electron chi connectivity index (χ0n) is 26.0. The Labute approximate surface area is 274 Å². The number of hydrogen-bond donors (Lipinski definition) is 0. The van der Waals surface area contributed by atoms with Crippen LogP contribution < -0.4 is 0 Å². The number of nitrogens with zero attached hydrogens (tertiary/aromatic N) is 3. The number of aryl methyl sites for hydroxylation is 1. The lowest BCUT2D eigenvalue weighted by Gasteiger charge is -2.13. The highest BCUT2D eigenvalue weighted by atomic mass is 15.0. The molecule has 0 amide bonds. The van der Waals surface area contributed by atoms with E-state index in [2.05, 4.69) is 165 Å². The van der Waals surface area contributed by atoms with Crippen molar-refractivity contribution in [1.29, 1.82) is 0 Å². The van der Waals surface area contributed by atoms with Gasteiger partial charge in [-0.2, -0.15) is 0 Å². The Hall–Kier alpha value is -6.19. The topological polar surface area (TPSA) is 38.7 Å². The second-order valence-electron chi connectivity index (χ2n) is 11.7. The van der Waals surface area contributed by atoms with E-state index in [-0.39, 0.29) is 0 Å². The van der Waals surface area contributed by atoms with Crippen LogP contribution >= 0.6 is 0 Å². The van der Waals surface area contributed by atoms with Gasteiger partial charge in [0.15, 0.2) is 17.5 Å². The van der Waals surface area contributed by atoms with Gasteiger partial charge in [-0.05, 0) is 56.6 Å². The second-order valence-corrected chi connectivity index (χ2v) is 11.7. The van der Waals surface area contributed by atoms with E-state index in [0.29, 0.717) is 17.5 Å². The van der Waals surface area contributed by atoms with Crippen LogP contribution in [0.25, 0.3) is 78.3 Å². The highest BCUT2D eigenvalue weighted by molar-refractivity contribution is 5.97. The van der Waals surface area contributed by atoms with Crippen LogP contribution in [0.3, 0.4) is 0 Å². The lowest BCUT2D eigenvalue weighted by molar-refractivity contribution is 1.07. The predicted octanol–water partition coefficient (Wildman–Crippen LogP) is 11.3. The fraction of sp³-hybridized carbons (Fsp3) is 0.0227. The van der Waals surface area contributed by atoms with Crippen molar-refractivity contribution in [3.8, 4) is 67.5 Å². The average Bonchev–Trinajstić information content (AvgIpc) is 3.15. The van der Waals surface area contributed by atoms with Crippen molar-refractivity contribution in [3.63, 3.8) is 0 Å². The molecule has 0 atom stereocenters. The molecule has 0 aliphatic heterocycles. The Kier molecular flexibility index (Phi) is 7.41. The molecule has 0 aliphatic rings. The van der Waals surface area contributed by atoms with Gasteiger partial charge < -0.3 is 0 Å². The standard InChI is InChI=1S/C44H31N3/c1-30-29-38(41-18-10-16-35-15-8-9-17-40(35)41)27-28-39(30)44-46-42(36-23-19-33(20-24-36)31-11-4-2-5-12-31)45-43(47-44)37-25-21-34(22-26-37)32-13-6-3-7-14-32/h2-29H,1H3. The minimum Gasteiger partial charge on any atom is -0.208 e. The van der Waals surface area contributed by atoms with Crippen molar-refractivity contribution in [3.05, 3.63) is 175 Å². The summed E-state index contributed by atoms with van der Waals surface area (Å²) in [5.41, 5.74) is 11.0. The van der Waals surface area contributed by atoms with E-state index in [1.54, 1.807) is 0 Å². The smallest absolute Gasteiger partial charge is 0.164 e. The van der Waals surface area contributed by atoms with E-state index < -0.39 is 0 Å². The lowest BCUT2D eigenvalue weighted by atomic mass is 9.95.